The predicted molar refractivity (Wildman–Crippen MR) is 88.4 cm³/mol. The average Bonchev–Trinajstić information content (AvgIpc) is 3.14. The van der Waals surface area contributed by atoms with Gasteiger partial charge in [-0.1, -0.05) is 0 Å². The first kappa shape index (κ1) is 16.8. The number of thiazole rings is 1. The van der Waals surface area contributed by atoms with Crippen LogP contribution >= 0.6 is 11.3 Å². The molecule has 1 N–H and O–H groups in total. The molecule has 1 amide bonds. The van der Waals surface area contributed by atoms with E-state index in [4.69, 9.17) is 9.47 Å². The highest BCUT2D eigenvalue weighted by Gasteiger charge is 2.41. The summed E-state index contributed by atoms with van der Waals surface area (Å²) in [7, 11) is 1.63. The first-order chi connectivity index (χ1) is 11.2. The molecule has 0 bridgehead atoms. The summed E-state index contributed by atoms with van der Waals surface area (Å²) in [5.74, 6) is 0.508. The van der Waals surface area contributed by atoms with E-state index in [2.05, 4.69) is 22.1 Å². The van der Waals surface area contributed by atoms with Crippen LogP contribution in [0.3, 0.4) is 0 Å². The summed E-state index contributed by atoms with van der Waals surface area (Å²) in [6.07, 6.45) is 1.82. The van der Waals surface area contributed by atoms with Gasteiger partial charge in [0, 0.05) is 31.6 Å². The van der Waals surface area contributed by atoms with Crippen LogP contribution < -0.4 is 5.32 Å². The zero-order valence-electron chi connectivity index (χ0n) is 13.8. The SMILES string of the molecule is COCCNC(=O)[C@H]1C[C@H]2CCN(Cc3scnc3C)C[C@@H]2O1. The fourth-order valence-corrected chi connectivity index (χ4v) is 4.20. The third-order valence-electron chi connectivity index (χ3n) is 4.75. The molecule has 23 heavy (non-hydrogen) atoms. The lowest BCUT2D eigenvalue weighted by Crippen LogP contribution is -2.42. The lowest BCUT2D eigenvalue weighted by Gasteiger charge is -2.33. The molecule has 2 aliphatic heterocycles. The second-order valence-corrected chi connectivity index (χ2v) is 7.27. The molecule has 0 saturated carbocycles. The van der Waals surface area contributed by atoms with Gasteiger partial charge in [0.05, 0.1) is 23.9 Å². The van der Waals surface area contributed by atoms with Crippen LogP contribution in [0.15, 0.2) is 5.51 Å². The first-order valence-electron chi connectivity index (χ1n) is 8.20. The van der Waals surface area contributed by atoms with Crippen LogP contribution in [0.4, 0.5) is 0 Å². The summed E-state index contributed by atoms with van der Waals surface area (Å²) in [6.45, 7) is 6.05. The van der Waals surface area contributed by atoms with Crippen LogP contribution in [-0.4, -0.2) is 61.3 Å². The zero-order chi connectivity index (χ0) is 16.2. The maximum absolute atomic E-state index is 12.1. The van der Waals surface area contributed by atoms with Crippen LogP contribution in [0, 0.1) is 12.8 Å². The van der Waals surface area contributed by atoms with Crippen molar-refractivity contribution < 1.29 is 14.3 Å². The smallest absolute Gasteiger partial charge is 0.249 e. The molecule has 3 rings (SSSR count). The second kappa shape index (κ2) is 7.70. The van der Waals surface area contributed by atoms with Crippen molar-refractivity contribution in [2.24, 2.45) is 5.92 Å². The number of carbonyl (C=O) groups excluding carboxylic acids is 1. The first-order valence-corrected chi connectivity index (χ1v) is 9.08. The standard InChI is InChI=1S/C16H25N3O3S/c1-11-15(23-10-18-11)9-19-5-3-12-7-13(22-14(12)8-19)16(20)17-4-6-21-2/h10,12-14H,3-9H2,1-2H3,(H,17,20)/t12-,13-,14+/m1/s1. The Morgan fingerprint density at radius 2 is 2.48 bits per heavy atom. The fourth-order valence-electron chi connectivity index (χ4n) is 3.38. The molecule has 128 valence electrons. The van der Waals surface area contributed by atoms with Crippen molar-refractivity contribution in [3.63, 3.8) is 0 Å². The molecule has 2 fully saturated rings. The molecule has 7 heteroatoms. The van der Waals surface area contributed by atoms with Crippen LogP contribution in [0.2, 0.25) is 0 Å². The molecular weight excluding hydrogens is 314 g/mol. The van der Waals surface area contributed by atoms with Crippen LogP contribution in [-0.2, 0) is 20.8 Å². The Morgan fingerprint density at radius 1 is 1.61 bits per heavy atom. The Balaban J connectivity index is 1.49. The monoisotopic (exact) mass is 339 g/mol. The number of methoxy groups -OCH3 is 1. The highest BCUT2D eigenvalue weighted by atomic mass is 32.1. The number of nitrogens with zero attached hydrogens (tertiary/aromatic N) is 2. The number of aromatic nitrogens is 1. The van der Waals surface area contributed by atoms with Gasteiger partial charge >= 0.3 is 0 Å². The van der Waals surface area contributed by atoms with E-state index in [1.165, 1.54) is 4.88 Å². The Morgan fingerprint density at radius 3 is 3.22 bits per heavy atom. The number of nitrogens with one attached hydrogen (secondary N) is 1. The fraction of sp³-hybridized carbons (Fsp3) is 0.750. The number of amides is 1. The Labute approximate surface area is 141 Å². The minimum atomic E-state index is -0.299. The summed E-state index contributed by atoms with van der Waals surface area (Å²) < 4.78 is 11.0. The molecule has 3 atom stereocenters. The van der Waals surface area contributed by atoms with Gasteiger partial charge in [0.1, 0.15) is 6.10 Å². The lowest BCUT2D eigenvalue weighted by molar-refractivity contribution is -0.133. The van der Waals surface area contributed by atoms with Gasteiger partial charge in [0.15, 0.2) is 0 Å². The molecule has 0 radical (unpaired) electrons. The third kappa shape index (κ3) is 4.09. The third-order valence-corrected chi connectivity index (χ3v) is 5.67. The highest BCUT2D eigenvalue weighted by molar-refractivity contribution is 7.09. The van der Waals surface area contributed by atoms with E-state index < -0.39 is 0 Å². The van der Waals surface area contributed by atoms with E-state index >= 15 is 0 Å². The largest absolute Gasteiger partial charge is 0.383 e. The predicted octanol–water partition coefficient (Wildman–Crippen LogP) is 1.19. The van der Waals surface area contributed by atoms with Crippen molar-refractivity contribution in [1.29, 1.82) is 0 Å². The van der Waals surface area contributed by atoms with Crippen molar-refractivity contribution in [1.82, 2.24) is 15.2 Å². The molecule has 3 heterocycles. The van der Waals surface area contributed by atoms with E-state index in [0.29, 0.717) is 19.1 Å². The summed E-state index contributed by atoms with van der Waals surface area (Å²) in [5, 5.41) is 2.88. The molecule has 2 saturated heterocycles. The summed E-state index contributed by atoms with van der Waals surface area (Å²) >= 11 is 1.72. The number of fused-ring (bicyclic) bond motifs is 1. The van der Waals surface area contributed by atoms with Gasteiger partial charge < -0.3 is 14.8 Å². The van der Waals surface area contributed by atoms with Crippen molar-refractivity contribution in [2.45, 2.75) is 38.5 Å². The number of hydrogen-bond acceptors (Lipinski definition) is 6. The minimum Gasteiger partial charge on any atom is -0.383 e. The van der Waals surface area contributed by atoms with Gasteiger partial charge in [-0.15, -0.1) is 11.3 Å². The lowest BCUT2D eigenvalue weighted by atomic mass is 9.91. The Kier molecular flexibility index (Phi) is 5.63. The molecule has 0 spiro atoms. The molecule has 1 aromatic rings. The Hall–Kier alpha value is -1.02. The van der Waals surface area contributed by atoms with Crippen molar-refractivity contribution in [2.75, 3.05) is 33.4 Å². The van der Waals surface area contributed by atoms with Crippen LogP contribution in [0.5, 0.6) is 0 Å². The molecule has 1 aromatic heterocycles. The normalized spacial score (nSPS) is 27.8. The number of hydrogen-bond donors (Lipinski definition) is 1. The van der Waals surface area contributed by atoms with Crippen LogP contribution in [0.25, 0.3) is 0 Å². The maximum atomic E-state index is 12.1. The van der Waals surface area contributed by atoms with E-state index in [0.717, 1.165) is 38.2 Å². The Bertz CT molecular complexity index is 536. The van der Waals surface area contributed by atoms with E-state index in [-0.39, 0.29) is 18.1 Å². The summed E-state index contributed by atoms with van der Waals surface area (Å²) in [5.41, 5.74) is 3.03. The van der Waals surface area contributed by atoms with Crippen molar-refractivity contribution >= 4 is 17.2 Å². The van der Waals surface area contributed by atoms with Gasteiger partial charge in [0.25, 0.3) is 0 Å². The number of ether oxygens (including phenoxy) is 2. The van der Waals surface area contributed by atoms with E-state index in [1.54, 1.807) is 18.4 Å². The van der Waals surface area contributed by atoms with Crippen molar-refractivity contribution in [3.8, 4) is 0 Å². The average molecular weight is 339 g/mol. The van der Waals surface area contributed by atoms with Gasteiger partial charge in [-0.25, -0.2) is 4.98 Å². The van der Waals surface area contributed by atoms with E-state index in [9.17, 15) is 4.79 Å². The summed E-state index contributed by atoms with van der Waals surface area (Å²) in [4.78, 5) is 20.2. The number of rotatable bonds is 6. The molecule has 0 aromatic carbocycles. The molecule has 2 aliphatic rings. The number of piperidine rings is 1. The zero-order valence-corrected chi connectivity index (χ0v) is 14.6. The molecule has 0 aliphatic carbocycles. The van der Waals surface area contributed by atoms with Gasteiger partial charge in [0.2, 0.25) is 5.91 Å². The molecular formula is C16H25N3O3S. The van der Waals surface area contributed by atoms with Crippen LogP contribution in [0.1, 0.15) is 23.4 Å². The number of likely N-dealkylation sites (tertiary alicyclic amines) is 1. The highest BCUT2D eigenvalue weighted by Crippen LogP contribution is 2.34. The summed E-state index contributed by atoms with van der Waals surface area (Å²) in [6, 6.07) is 0. The van der Waals surface area contributed by atoms with Gasteiger partial charge in [-0.05, 0) is 32.2 Å². The number of carbonyl (C=O) groups is 1. The topological polar surface area (TPSA) is 63.7 Å². The van der Waals surface area contributed by atoms with Gasteiger partial charge in [-0.3, -0.25) is 9.69 Å². The molecule has 0 unspecified atom stereocenters. The molecule has 6 nitrogen and oxygen atoms in total. The quantitative estimate of drug-likeness (QED) is 0.789. The minimum absolute atomic E-state index is 0.00120. The maximum Gasteiger partial charge on any atom is 0.249 e. The second-order valence-electron chi connectivity index (χ2n) is 6.33. The van der Waals surface area contributed by atoms with E-state index in [1.807, 2.05) is 5.51 Å². The van der Waals surface area contributed by atoms with Crippen molar-refractivity contribution in [3.05, 3.63) is 16.1 Å². The number of aryl methyl sites for hydroxylation is 1. The van der Waals surface area contributed by atoms with Gasteiger partial charge in [-0.2, -0.15) is 0 Å².